The van der Waals surface area contributed by atoms with Crippen molar-refractivity contribution in [1.82, 2.24) is 14.7 Å². The van der Waals surface area contributed by atoms with Crippen LogP contribution in [0.5, 0.6) is 0 Å². The molecule has 2 heterocycles. The van der Waals surface area contributed by atoms with Crippen LogP contribution >= 0.6 is 15.9 Å². The van der Waals surface area contributed by atoms with Gasteiger partial charge >= 0.3 is 0 Å². The molecule has 0 bridgehead atoms. The van der Waals surface area contributed by atoms with Gasteiger partial charge in [-0.25, -0.2) is 0 Å². The molecular formula is C15H19BrN4. The first-order chi connectivity index (χ1) is 9.65. The number of anilines is 1. The quantitative estimate of drug-likeness (QED) is 0.938. The lowest BCUT2D eigenvalue weighted by Crippen LogP contribution is -2.18. The summed E-state index contributed by atoms with van der Waals surface area (Å²) in [4.78, 5) is 2.50. The minimum absolute atomic E-state index is 0.698. The van der Waals surface area contributed by atoms with Gasteiger partial charge in [0.15, 0.2) is 0 Å². The second-order valence-corrected chi connectivity index (χ2v) is 6.21. The van der Waals surface area contributed by atoms with Crippen LogP contribution in [0.1, 0.15) is 18.4 Å². The number of rotatable bonds is 3. The number of hydrogen-bond donors (Lipinski definition) is 1. The van der Waals surface area contributed by atoms with Gasteiger partial charge in [0.25, 0.3) is 0 Å². The van der Waals surface area contributed by atoms with Crippen LogP contribution in [0.3, 0.4) is 0 Å². The number of halogens is 1. The number of nitrogens with zero attached hydrogens (tertiary/aromatic N) is 3. The molecule has 1 aliphatic heterocycles. The highest BCUT2D eigenvalue weighted by molar-refractivity contribution is 9.10. The Morgan fingerprint density at radius 1 is 1.30 bits per heavy atom. The van der Waals surface area contributed by atoms with E-state index in [4.69, 9.17) is 5.73 Å². The Morgan fingerprint density at radius 2 is 2.05 bits per heavy atom. The fourth-order valence-electron chi connectivity index (χ4n) is 2.69. The number of likely N-dealkylation sites (tertiary alicyclic amines) is 1. The van der Waals surface area contributed by atoms with Gasteiger partial charge in [-0.3, -0.25) is 9.58 Å². The van der Waals surface area contributed by atoms with Crippen molar-refractivity contribution in [2.24, 2.45) is 7.05 Å². The van der Waals surface area contributed by atoms with Crippen molar-refractivity contribution in [1.29, 1.82) is 0 Å². The molecular weight excluding hydrogens is 316 g/mol. The summed E-state index contributed by atoms with van der Waals surface area (Å²) in [6.45, 7) is 3.44. The zero-order valence-electron chi connectivity index (χ0n) is 11.6. The number of nitrogen functional groups attached to an aromatic ring is 1. The lowest BCUT2D eigenvalue weighted by molar-refractivity contribution is 0.331. The predicted octanol–water partition coefficient (Wildman–Crippen LogP) is 3.03. The molecule has 2 aromatic rings. The van der Waals surface area contributed by atoms with Crippen LogP contribution in [0.4, 0.5) is 5.82 Å². The third-order valence-corrected chi connectivity index (χ3v) is 4.68. The van der Waals surface area contributed by atoms with Gasteiger partial charge in [-0.05, 0) is 43.1 Å². The Kier molecular flexibility index (Phi) is 3.81. The Balaban J connectivity index is 1.85. The molecule has 1 aromatic heterocycles. The van der Waals surface area contributed by atoms with Crippen LogP contribution in [0.25, 0.3) is 11.1 Å². The van der Waals surface area contributed by atoms with E-state index in [1.54, 1.807) is 4.68 Å². The molecule has 1 aliphatic rings. The first-order valence-corrected chi connectivity index (χ1v) is 7.73. The summed E-state index contributed by atoms with van der Waals surface area (Å²) in [5, 5.41) is 4.20. The standard InChI is InChI=1S/C15H19BrN4/c1-19-15(17)13(9-18-19)11-4-5-12(14(16)8-11)10-20-6-2-3-7-20/h4-5,8-9H,2-3,6-7,10,17H2,1H3. The first-order valence-electron chi connectivity index (χ1n) is 6.94. The zero-order chi connectivity index (χ0) is 14.1. The molecule has 0 unspecified atom stereocenters. The highest BCUT2D eigenvalue weighted by Crippen LogP contribution is 2.30. The molecule has 2 N–H and O–H groups in total. The van der Waals surface area contributed by atoms with Crippen molar-refractivity contribution >= 4 is 21.7 Å². The normalized spacial score (nSPS) is 15.9. The van der Waals surface area contributed by atoms with Crippen LogP contribution in [0.2, 0.25) is 0 Å². The molecule has 4 nitrogen and oxygen atoms in total. The molecule has 1 saturated heterocycles. The summed E-state index contributed by atoms with van der Waals surface area (Å²) >= 11 is 3.69. The Morgan fingerprint density at radius 3 is 2.65 bits per heavy atom. The van der Waals surface area contributed by atoms with Crippen LogP contribution in [0.15, 0.2) is 28.9 Å². The van der Waals surface area contributed by atoms with Gasteiger partial charge in [0.05, 0.1) is 6.20 Å². The number of nitrogens with two attached hydrogens (primary N) is 1. The molecule has 0 atom stereocenters. The molecule has 0 spiro atoms. The Hall–Kier alpha value is -1.33. The smallest absolute Gasteiger partial charge is 0.129 e. The minimum Gasteiger partial charge on any atom is -0.383 e. The zero-order valence-corrected chi connectivity index (χ0v) is 13.2. The largest absolute Gasteiger partial charge is 0.383 e. The van der Waals surface area contributed by atoms with Crippen LogP contribution in [-0.4, -0.2) is 27.8 Å². The second kappa shape index (κ2) is 5.58. The molecule has 0 aliphatic carbocycles. The highest BCUT2D eigenvalue weighted by atomic mass is 79.9. The van der Waals surface area contributed by atoms with E-state index in [1.807, 2.05) is 13.2 Å². The molecule has 20 heavy (non-hydrogen) atoms. The molecule has 106 valence electrons. The Bertz CT molecular complexity index is 614. The fourth-order valence-corrected chi connectivity index (χ4v) is 3.20. The van der Waals surface area contributed by atoms with Gasteiger partial charge in [0.2, 0.25) is 0 Å². The second-order valence-electron chi connectivity index (χ2n) is 5.36. The maximum atomic E-state index is 6.03. The maximum absolute atomic E-state index is 6.03. The fraction of sp³-hybridized carbons (Fsp3) is 0.400. The van der Waals surface area contributed by atoms with Gasteiger partial charge in [-0.2, -0.15) is 5.10 Å². The maximum Gasteiger partial charge on any atom is 0.129 e. The van der Waals surface area contributed by atoms with Crippen molar-refractivity contribution in [2.75, 3.05) is 18.8 Å². The molecule has 3 rings (SSSR count). The van der Waals surface area contributed by atoms with Crippen LogP contribution in [-0.2, 0) is 13.6 Å². The summed E-state index contributed by atoms with van der Waals surface area (Å²) < 4.78 is 2.84. The summed E-state index contributed by atoms with van der Waals surface area (Å²) in [5.41, 5.74) is 9.45. The topological polar surface area (TPSA) is 47.1 Å². The van der Waals surface area contributed by atoms with Crippen LogP contribution < -0.4 is 5.73 Å². The van der Waals surface area contributed by atoms with Crippen molar-refractivity contribution in [3.63, 3.8) is 0 Å². The molecule has 1 aromatic carbocycles. The van der Waals surface area contributed by atoms with Crippen molar-refractivity contribution in [3.8, 4) is 11.1 Å². The van der Waals surface area contributed by atoms with E-state index < -0.39 is 0 Å². The van der Waals surface area contributed by atoms with Crippen molar-refractivity contribution in [3.05, 3.63) is 34.4 Å². The molecule has 0 saturated carbocycles. The van der Waals surface area contributed by atoms with Gasteiger partial charge in [-0.15, -0.1) is 0 Å². The van der Waals surface area contributed by atoms with Crippen molar-refractivity contribution < 1.29 is 0 Å². The van der Waals surface area contributed by atoms with Gasteiger partial charge in [0.1, 0.15) is 5.82 Å². The number of hydrogen-bond acceptors (Lipinski definition) is 3. The summed E-state index contributed by atoms with van der Waals surface area (Å²) in [7, 11) is 1.86. The SMILES string of the molecule is Cn1ncc(-c2ccc(CN3CCCC3)c(Br)c2)c1N. The van der Waals surface area contributed by atoms with E-state index in [2.05, 4.69) is 44.1 Å². The predicted molar refractivity (Wildman–Crippen MR) is 85.3 cm³/mol. The van der Waals surface area contributed by atoms with E-state index in [1.165, 1.54) is 31.5 Å². The van der Waals surface area contributed by atoms with E-state index in [0.29, 0.717) is 5.82 Å². The highest BCUT2D eigenvalue weighted by Gasteiger charge is 2.14. The number of aromatic nitrogens is 2. The molecule has 1 fully saturated rings. The van der Waals surface area contributed by atoms with E-state index in [0.717, 1.165) is 22.1 Å². The molecule has 0 radical (unpaired) electrons. The first kappa shape index (κ1) is 13.6. The van der Waals surface area contributed by atoms with E-state index in [9.17, 15) is 0 Å². The Labute approximate surface area is 127 Å². The average Bonchev–Trinajstić information content (AvgIpc) is 3.04. The van der Waals surface area contributed by atoms with Gasteiger partial charge in [0, 0.05) is 23.6 Å². The van der Waals surface area contributed by atoms with Crippen molar-refractivity contribution in [2.45, 2.75) is 19.4 Å². The lowest BCUT2D eigenvalue weighted by atomic mass is 10.1. The third kappa shape index (κ3) is 2.60. The van der Waals surface area contributed by atoms with E-state index >= 15 is 0 Å². The lowest BCUT2D eigenvalue weighted by Gasteiger charge is -2.16. The van der Waals surface area contributed by atoms with Gasteiger partial charge < -0.3 is 5.73 Å². The summed E-state index contributed by atoms with van der Waals surface area (Å²) in [6, 6.07) is 6.45. The van der Waals surface area contributed by atoms with Gasteiger partial charge in [-0.1, -0.05) is 28.1 Å². The molecule has 0 amide bonds. The molecule has 5 heteroatoms. The third-order valence-electron chi connectivity index (χ3n) is 3.94. The number of benzene rings is 1. The average molecular weight is 335 g/mol. The minimum atomic E-state index is 0.698. The van der Waals surface area contributed by atoms with E-state index in [-0.39, 0.29) is 0 Å². The number of aryl methyl sites for hydroxylation is 1. The van der Waals surface area contributed by atoms with Crippen LogP contribution in [0, 0.1) is 0 Å². The summed E-state index contributed by atoms with van der Waals surface area (Å²) in [6.07, 6.45) is 4.46. The summed E-state index contributed by atoms with van der Waals surface area (Å²) in [5.74, 6) is 0.698. The monoisotopic (exact) mass is 334 g/mol.